The van der Waals surface area contributed by atoms with Crippen molar-refractivity contribution in [2.45, 2.75) is 34.6 Å². The van der Waals surface area contributed by atoms with E-state index in [1.807, 2.05) is 0 Å². The maximum absolute atomic E-state index is 14.9. The minimum absolute atomic E-state index is 0.0506. The number of nitrogens with one attached hydrogen (secondary N) is 1. The van der Waals surface area contributed by atoms with Gasteiger partial charge in [-0.15, -0.1) is 0 Å². The van der Waals surface area contributed by atoms with E-state index in [2.05, 4.69) is 4.72 Å². The van der Waals surface area contributed by atoms with Gasteiger partial charge in [0.05, 0.1) is 26.7 Å². The molecule has 0 aromatic heterocycles. The molecule has 1 amide bonds. The van der Waals surface area contributed by atoms with Crippen LogP contribution in [-0.2, 0) is 20.0 Å². The lowest BCUT2D eigenvalue weighted by Gasteiger charge is -2.55. The molecule has 0 atom stereocenters. The van der Waals surface area contributed by atoms with Gasteiger partial charge in [0.1, 0.15) is 5.82 Å². The maximum Gasteiger partial charge on any atom is 0.407 e. The first-order valence-corrected chi connectivity index (χ1v) is 13.9. The van der Waals surface area contributed by atoms with E-state index in [0.29, 0.717) is 32.5 Å². The lowest BCUT2D eigenvalue weighted by molar-refractivity contribution is -0.0160. The van der Waals surface area contributed by atoms with Crippen LogP contribution in [0.5, 0.6) is 0 Å². The van der Waals surface area contributed by atoms with Crippen molar-refractivity contribution in [3.63, 3.8) is 0 Å². The quantitative estimate of drug-likeness (QED) is 0.592. The highest BCUT2D eigenvalue weighted by atomic mass is 32.2. The number of likely N-dealkylation sites (tertiary alicyclic amines) is 1. The van der Waals surface area contributed by atoms with E-state index >= 15 is 0 Å². The summed E-state index contributed by atoms with van der Waals surface area (Å²) in [4.78, 5) is 14.4. The Hall–Kier alpha value is -2.90. The van der Waals surface area contributed by atoms with Gasteiger partial charge in [0.15, 0.2) is 0 Å². The molecule has 35 heavy (non-hydrogen) atoms. The first-order chi connectivity index (χ1) is 16.4. The number of hydrogen-bond acceptors (Lipinski definition) is 6. The molecule has 0 radical (unpaired) electrons. The molecule has 2 aromatic carbocycles. The van der Waals surface area contributed by atoms with Crippen molar-refractivity contribution >= 4 is 37.5 Å². The van der Waals surface area contributed by atoms with Gasteiger partial charge in [-0.3, -0.25) is 4.72 Å². The van der Waals surface area contributed by atoms with Crippen molar-refractivity contribution in [2.75, 3.05) is 43.4 Å². The molecule has 2 fully saturated rings. The third-order valence-corrected chi connectivity index (χ3v) is 9.97. The van der Waals surface area contributed by atoms with E-state index in [-0.39, 0.29) is 21.2 Å². The molecule has 0 bridgehead atoms. The van der Waals surface area contributed by atoms with Crippen LogP contribution in [0.2, 0.25) is 0 Å². The normalized spacial score (nSPS) is 17.9. The highest BCUT2D eigenvalue weighted by molar-refractivity contribution is 7.92. The van der Waals surface area contributed by atoms with Crippen LogP contribution < -0.4 is 9.62 Å². The van der Waals surface area contributed by atoms with Crippen LogP contribution in [0, 0.1) is 5.82 Å². The summed E-state index contributed by atoms with van der Waals surface area (Å²) in [5, 5.41) is 9.39. The van der Waals surface area contributed by atoms with Crippen molar-refractivity contribution in [1.82, 2.24) is 9.21 Å². The molecule has 2 N–H and O–H groups in total. The summed E-state index contributed by atoms with van der Waals surface area (Å²) in [7, 11) is -5.12. The van der Waals surface area contributed by atoms with Crippen molar-refractivity contribution in [2.24, 2.45) is 0 Å². The van der Waals surface area contributed by atoms with Gasteiger partial charge >= 0.3 is 6.09 Å². The van der Waals surface area contributed by atoms with Gasteiger partial charge in [0, 0.05) is 33.7 Å². The van der Waals surface area contributed by atoms with Crippen LogP contribution >= 0.6 is 0 Å². The van der Waals surface area contributed by atoms with E-state index in [0.717, 1.165) is 10.7 Å². The van der Waals surface area contributed by atoms with Crippen LogP contribution in [0.15, 0.2) is 52.3 Å². The zero-order chi connectivity index (χ0) is 25.6. The standard InChI is InChI=1S/C22H27FN4O6S2/c1-25(2)35(32,33)17-8-6-16(7-9-17)34(30,31)24-19-5-3-4-18(23)20(19)26-13-10-22(11-14-26)12-15-27(22)21(28)29/h3-9,24H,10-15H2,1-2H3,(H,28,29). The average Bonchev–Trinajstić information content (AvgIpc) is 2.78. The van der Waals surface area contributed by atoms with Gasteiger partial charge in [-0.2, -0.15) is 0 Å². The number of carbonyl (C=O) groups is 1. The highest BCUT2D eigenvalue weighted by Gasteiger charge is 2.49. The van der Waals surface area contributed by atoms with E-state index in [4.69, 9.17) is 0 Å². The minimum atomic E-state index is -4.15. The number of para-hydroxylation sites is 1. The van der Waals surface area contributed by atoms with Crippen molar-refractivity contribution in [3.8, 4) is 0 Å². The SMILES string of the molecule is CN(C)S(=O)(=O)c1ccc(S(=O)(=O)Nc2cccc(F)c2N2CCC3(CC2)CCN3C(=O)O)cc1. The number of nitrogens with zero attached hydrogens (tertiary/aromatic N) is 3. The molecule has 10 nitrogen and oxygen atoms in total. The largest absolute Gasteiger partial charge is 0.465 e. The van der Waals surface area contributed by atoms with Gasteiger partial charge in [-0.1, -0.05) is 6.07 Å². The number of anilines is 2. The molecule has 0 unspecified atom stereocenters. The number of carboxylic acid groups (broad SMARTS) is 1. The molecule has 2 aliphatic rings. The molecule has 1 spiro atoms. The topological polar surface area (TPSA) is 127 Å². The van der Waals surface area contributed by atoms with Gasteiger partial charge < -0.3 is 14.9 Å². The first kappa shape index (κ1) is 25.2. The Bertz CT molecular complexity index is 1340. The van der Waals surface area contributed by atoms with Crippen molar-refractivity contribution < 1.29 is 31.1 Å². The first-order valence-electron chi connectivity index (χ1n) is 11.0. The fraction of sp³-hybridized carbons (Fsp3) is 0.409. The van der Waals surface area contributed by atoms with Crippen LogP contribution in [-0.4, -0.2) is 76.5 Å². The van der Waals surface area contributed by atoms with E-state index in [9.17, 15) is 31.1 Å². The summed E-state index contributed by atoms with van der Waals surface area (Å²) in [6, 6.07) is 8.86. The van der Waals surface area contributed by atoms with E-state index in [1.165, 1.54) is 61.5 Å². The highest BCUT2D eigenvalue weighted by Crippen LogP contribution is 2.42. The van der Waals surface area contributed by atoms with Crippen LogP contribution in [0.1, 0.15) is 19.3 Å². The third-order valence-electron chi connectivity index (χ3n) is 6.76. The number of halogens is 1. The minimum Gasteiger partial charge on any atom is -0.465 e. The summed E-state index contributed by atoms with van der Waals surface area (Å²) in [5.74, 6) is -0.600. The number of rotatable bonds is 6. The zero-order valence-electron chi connectivity index (χ0n) is 19.3. The number of hydrogen-bond donors (Lipinski definition) is 2. The Balaban J connectivity index is 1.56. The van der Waals surface area contributed by atoms with E-state index < -0.39 is 37.5 Å². The fourth-order valence-corrected chi connectivity index (χ4v) is 6.60. The monoisotopic (exact) mass is 526 g/mol. The smallest absolute Gasteiger partial charge is 0.407 e. The molecular weight excluding hydrogens is 499 g/mol. The predicted molar refractivity (Wildman–Crippen MR) is 128 cm³/mol. The summed E-state index contributed by atoms with van der Waals surface area (Å²) in [6.45, 7) is 1.22. The second kappa shape index (κ2) is 8.95. The average molecular weight is 527 g/mol. The second-order valence-corrected chi connectivity index (χ2v) is 12.7. The number of benzene rings is 2. The molecule has 2 saturated heterocycles. The summed E-state index contributed by atoms with van der Waals surface area (Å²) in [5.41, 5.74) is -0.296. The van der Waals surface area contributed by atoms with E-state index in [1.54, 1.807) is 4.90 Å². The lowest BCUT2D eigenvalue weighted by Crippen LogP contribution is -2.65. The fourth-order valence-electron chi connectivity index (χ4n) is 4.63. The Labute approximate surface area is 204 Å². The molecular formula is C22H27FN4O6S2. The predicted octanol–water partition coefficient (Wildman–Crippen LogP) is 2.60. The number of amides is 1. The second-order valence-electron chi connectivity index (χ2n) is 8.90. The van der Waals surface area contributed by atoms with Crippen molar-refractivity contribution in [3.05, 3.63) is 48.3 Å². The van der Waals surface area contributed by atoms with Gasteiger partial charge in [0.25, 0.3) is 10.0 Å². The Kier molecular flexibility index (Phi) is 6.45. The molecule has 13 heteroatoms. The Morgan fingerprint density at radius 2 is 1.54 bits per heavy atom. The molecule has 2 aromatic rings. The van der Waals surface area contributed by atoms with Crippen LogP contribution in [0.25, 0.3) is 0 Å². The number of sulfonamides is 2. The summed E-state index contributed by atoms with van der Waals surface area (Å²) < 4.78 is 68.9. The van der Waals surface area contributed by atoms with Gasteiger partial charge in [0.2, 0.25) is 10.0 Å². The van der Waals surface area contributed by atoms with Gasteiger partial charge in [-0.25, -0.2) is 30.3 Å². The Morgan fingerprint density at radius 1 is 0.971 bits per heavy atom. The van der Waals surface area contributed by atoms with Gasteiger partial charge in [-0.05, 0) is 55.7 Å². The molecule has 2 aliphatic heterocycles. The molecule has 0 aliphatic carbocycles. The van der Waals surface area contributed by atoms with Crippen LogP contribution in [0.3, 0.4) is 0 Å². The summed E-state index contributed by atoms with van der Waals surface area (Å²) >= 11 is 0. The maximum atomic E-state index is 14.9. The zero-order valence-corrected chi connectivity index (χ0v) is 20.9. The summed E-state index contributed by atoms with van der Waals surface area (Å²) in [6.07, 6.45) is 0.820. The molecule has 4 rings (SSSR count). The number of piperidine rings is 1. The third kappa shape index (κ3) is 4.55. The lowest BCUT2D eigenvalue weighted by atomic mass is 9.76. The molecule has 190 valence electrons. The van der Waals surface area contributed by atoms with Crippen LogP contribution in [0.4, 0.5) is 20.6 Å². The Morgan fingerprint density at radius 3 is 2.06 bits per heavy atom. The molecule has 0 saturated carbocycles. The molecule has 2 heterocycles. The van der Waals surface area contributed by atoms with Crippen molar-refractivity contribution in [1.29, 1.82) is 0 Å².